The summed E-state index contributed by atoms with van der Waals surface area (Å²) >= 11 is 0. The monoisotopic (exact) mass is 438 g/mol. The summed E-state index contributed by atoms with van der Waals surface area (Å²) < 4.78 is 5.65. The highest BCUT2D eigenvalue weighted by Crippen LogP contribution is 2.23. The van der Waals surface area contributed by atoms with Gasteiger partial charge in [0.2, 0.25) is 5.89 Å². The molecule has 4 rings (SSSR count). The summed E-state index contributed by atoms with van der Waals surface area (Å²) in [6.07, 6.45) is 3.68. The molecule has 1 aromatic heterocycles. The van der Waals surface area contributed by atoms with Crippen LogP contribution in [0.2, 0.25) is 0 Å². The van der Waals surface area contributed by atoms with Crippen molar-refractivity contribution in [3.8, 4) is 0 Å². The van der Waals surface area contributed by atoms with Crippen molar-refractivity contribution in [2.24, 2.45) is 5.92 Å². The molecule has 6 heteroatoms. The maximum absolute atomic E-state index is 12.7. The number of nitrogens with zero attached hydrogens (tertiary/aromatic N) is 4. The van der Waals surface area contributed by atoms with Gasteiger partial charge in [0, 0.05) is 45.8 Å². The van der Waals surface area contributed by atoms with Crippen LogP contribution in [0, 0.1) is 5.92 Å². The molecule has 6 nitrogen and oxygen atoms in total. The minimum atomic E-state index is 0.00852. The molecule has 3 heterocycles. The first kappa shape index (κ1) is 23.0. The Kier molecular flexibility index (Phi) is 7.01. The van der Waals surface area contributed by atoms with Gasteiger partial charge in [-0.05, 0) is 35.3 Å². The van der Waals surface area contributed by atoms with Crippen LogP contribution in [0.25, 0.3) is 0 Å². The molecule has 0 saturated carbocycles. The molecule has 2 saturated heterocycles. The lowest BCUT2D eigenvalue weighted by atomic mass is 9.87. The van der Waals surface area contributed by atoms with Gasteiger partial charge in [0.15, 0.2) is 5.69 Å². The van der Waals surface area contributed by atoms with Crippen molar-refractivity contribution < 1.29 is 9.21 Å². The summed E-state index contributed by atoms with van der Waals surface area (Å²) in [6, 6.07) is 9.05. The number of hydrogen-bond donors (Lipinski definition) is 0. The second kappa shape index (κ2) is 9.75. The van der Waals surface area contributed by atoms with E-state index in [9.17, 15) is 4.79 Å². The van der Waals surface area contributed by atoms with E-state index in [2.05, 4.69) is 66.7 Å². The average Bonchev–Trinajstić information content (AvgIpc) is 3.23. The Morgan fingerprint density at radius 3 is 2.16 bits per heavy atom. The van der Waals surface area contributed by atoms with E-state index in [1.807, 2.05) is 4.90 Å². The zero-order chi connectivity index (χ0) is 22.7. The molecule has 0 unspecified atom stereocenters. The Morgan fingerprint density at radius 2 is 1.56 bits per heavy atom. The third-order valence-corrected chi connectivity index (χ3v) is 6.89. The molecule has 2 fully saturated rings. The largest absolute Gasteiger partial charge is 0.447 e. The number of aromatic nitrogens is 1. The van der Waals surface area contributed by atoms with Gasteiger partial charge in [-0.25, -0.2) is 4.98 Å². The number of carbonyl (C=O) groups is 1. The highest BCUT2D eigenvalue weighted by atomic mass is 16.3. The quantitative estimate of drug-likeness (QED) is 0.702. The van der Waals surface area contributed by atoms with E-state index in [0.29, 0.717) is 24.0 Å². The molecular formula is C26H38N4O2. The van der Waals surface area contributed by atoms with E-state index < -0.39 is 0 Å². The molecule has 174 valence electrons. The van der Waals surface area contributed by atoms with Gasteiger partial charge in [0.05, 0.1) is 6.54 Å². The second-order valence-electron chi connectivity index (χ2n) is 10.6. The first-order valence-corrected chi connectivity index (χ1v) is 12.1. The molecule has 0 N–H and O–H groups in total. The maximum atomic E-state index is 12.7. The molecule has 0 radical (unpaired) electrons. The number of benzene rings is 1. The molecule has 0 aliphatic carbocycles. The van der Waals surface area contributed by atoms with E-state index in [1.54, 1.807) is 0 Å². The average molecular weight is 439 g/mol. The van der Waals surface area contributed by atoms with Gasteiger partial charge in [-0.1, -0.05) is 52.0 Å². The summed E-state index contributed by atoms with van der Waals surface area (Å²) in [7, 11) is 0. The van der Waals surface area contributed by atoms with Crippen molar-refractivity contribution in [3.05, 3.63) is 53.2 Å². The molecule has 1 aromatic carbocycles. The van der Waals surface area contributed by atoms with E-state index >= 15 is 0 Å². The third-order valence-electron chi connectivity index (χ3n) is 6.89. The van der Waals surface area contributed by atoms with Crippen LogP contribution in [0.3, 0.4) is 0 Å². The minimum absolute atomic E-state index is 0.00852. The number of rotatable bonds is 5. The smallest absolute Gasteiger partial charge is 0.275 e. The molecule has 0 atom stereocenters. The third kappa shape index (κ3) is 5.78. The van der Waals surface area contributed by atoms with Crippen molar-refractivity contribution >= 4 is 5.91 Å². The summed E-state index contributed by atoms with van der Waals surface area (Å²) in [5, 5.41) is 0. The van der Waals surface area contributed by atoms with E-state index in [1.165, 1.54) is 17.4 Å². The number of likely N-dealkylation sites (tertiary alicyclic amines) is 1. The van der Waals surface area contributed by atoms with Crippen molar-refractivity contribution in [1.82, 2.24) is 19.7 Å². The Labute approximate surface area is 192 Å². The van der Waals surface area contributed by atoms with Crippen LogP contribution in [0.1, 0.15) is 68.0 Å². The Morgan fingerprint density at radius 1 is 0.969 bits per heavy atom. The summed E-state index contributed by atoms with van der Waals surface area (Å²) in [5.41, 5.74) is 3.40. The first-order valence-electron chi connectivity index (χ1n) is 12.1. The molecule has 0 bridgehead atoms. The van der Waals surface area contributed by atoms with Crippen LogP contribution >= 0.6 is 0 Å². The fourth-order valence-corrected chi connectivity index (χ4v) is 4.52. The van der Waals surface area contributed by atoms with Crippen LogP contribution in [0.4, 0.5) is 0 Å². The number of piperidine rings is 1. The fourth-order valence-electron chi connectivity index (χ4n) is 4.52. The maximum Gasteiger partial charge on any atom is 0.275 e. The highest BCUT2D eigenvalue weighted by molar-refractivity contribution is 5.92. The van der Waals surface area contributed by atoms with E-state index in [-0.39, 0.29) is 11.3 Å². The Hall–Kier alpha value is -2.18. The first-order chi connectivity index (χ1) is 15.3. The number of amides is 1. The molecule has 0 spiro atoms. The fraction of sp³-hybridized carbons (Fsp3) is 0.615. The van der Waals surface area contributed by atoms with Gasteiger partial charge in [0.25, 0.3) is 5.91 Å². The van der Waals surface area contributed by atoms with Crippen molar-refractivity contribution in [2.45, 2.75) is 59.0 Å². The molecular weight excluding hydrogens is 400 g/mol. The van der Waals surface area contributed by atoms with Crippen LogP contribution in [0.15, 0.2) is 34.9 Å². The molecule has 1 amide bonds. The Bertz CT molecular complexity index is 883. The van der Waals surface area contributed by atoms with Crippen molar-refractivity contribution in [3.63, 3.8) is 0 Å². The van der Waals surface area contributed by atoms with Crippen LogP contribution < -0.4 is 0 Å². The van der Waals surface area contributed by atoms with Gasteiger partial charge < -0.3 is 9.32 Å². The van der Waals surface area contributed by atoms with Crippen LogP contribution in [-0.4, -0.2) is 64.9 Å². The van der Waals surface area contributed by atoms with Crippen LogP contribution in [0.5, 0.6) is 0 Å². The Balaban J connectivity index is 1.23. The summed E-state index contributed by atoms with van der Waals surface area (Å²) in [5.74, 6) is 1.35. The zero-order valence-corrected chi connectivity index (χ0v) is 20.1. The summed E-state index contributed by atoms with van der Waals surface area (Å²) in [4.78, 5) is 24.0. The molecule has 32 heavy (non-hydrogen) atoms. The lowest BCUT2D eigenvalue weighted by Crippen LogP contribution is -2.45. The minimum Gasteiger partial charge on any atom is -0.447 e. The van der Waals surface area contributed by atoms with Crippen molar-refractivity contribution in [1.29, 1.82) is 0 Å². The van der Waals surface area contributed by atoms with Gasteiger partial charge in [0.1, 0.15) is 6.26 Å². The number of hydrogen-bond acceptors (Lipinski definition) is 5. The normalized spacial score (nSPS) is 19.4. The highest BCUT2D eigenvalue weighted by Gasteiger charge is 2.25. The molecule has 2 aliphatic heterocycles. The van der Waals surface area contributed by atoms with E-state index in [4.69, 9.17) is 4.42 Å². The topological polar surface area (TPSA) is 52.8 Å². The van der Waals surface area contributed by atoms with Gasteiger partial charge >= 0.3 is 0 Å². The lowest BCUT2D eigenvalue weighted by molar-refractivity contribution is 0.0691. The predicted molar refractivity (Wildman–Crippen MR) is 127 cm³/mol. The van der Waals surface area contributed by atoms with Gasteiger partial charge in [-0.3, -0.25) is 14.6 Å². The standard InChI is InChI=1S/C26H38N4O2/c1-20-9-11-30(12-10-20)25(31)23-19-32-24(27-23)18-29-15-13-28(14-16-29)17-21-5-7-22(8-6-21)26(2,3)4/h5-8,19-20H,9-18H2,1-4H3. The van der Waals surface area contributed by atoms with Gasteiger partial charge in [-0.15, -0.1) is 0 Å². The lowest BCUT2D eigenvalue weighted by Gasteiger charge is -2.34. The second-order valence-corrected chi connectivity index (χ2v) is 10.6. The number of carbonyl (C=O) groups excluding carboxylic acids is 1. The molecule has 2 aromatic rings. The van der Waals surface area contributed by atoms with Crippen LogP contribution in [-0.2, 0) is 18.5 Å². The molecule has 2 aliphatic rings. The SMILES string of the molecule is CC1CCN(C(=O)c2coc(CN3CCN(Cc4ccc(C(C)(C)C)cc4)CC3)n2)CC1. The summed E-state index contributed by atoms with van der Waals surface area (Å²) in [6.45, 7) is 16.3. The van der Waals surface area contributed by atoms with E-state index in [0.717, 1.165) is 58.7 Å². The predicted octanol–water partition coefficient (Wildman–Crippen LogP) is 4.16. The number of piperazine rings is 1. The van der Waals surface area contributed by atoms with Crippen molar-refractivity contribution in [2.75, 3.05) is 39.3 Å². The zero-order valence-electron chi connectivity index (χ0n) is 20.1. The van der Waals surface area contributed by atoms with Gasteiger partial charge in [-0.2, -0.15) is 0 Å². The number of oxazole rings is 1.